The molecule has 1 rings (SSSR count). The van der Waals surface area contributed by atoms with Crippen LogP contribution in [0.5, 0.6) is 0 Å². The van der Waals surface area contributed by atoms with Gasteiger partial charge in [-0.3, -0.25) is 0 Å². The topological polar surface area (TPSA) is 25.8 Å². The van der Waals surface area contributed by atoms with E-state index < -0.39 is 0 Å². The van der Waals surface area contributed by atoms with E-state index in [0.717, 1.165) is 17.3 Å². The molecular weight excluding hydrogens is 215 g/mol. The van der Waals surface area contributed by atoms with Crippen LogP contribution >= 0.6 is 27.5 Å². The molecule has 0 amide bonds. The first kappa shape index (κ1) is 7.95. The zero-order valence-corrected chi connectivity index (χ0v) is 7.56. The highest BCUT2D eigenvalue weighted by Gasteiger charge is 1.92. The molecule has 0 aliphatic heterocycles. The van der Waals surface area contributed by atoms with Gasteiger partial charge < -0.3 is 0 Å². The number of hydrogen-bond acceptors (Lipinski definition) is 2. The fourth-order valence-corrected chi connectivity index (χ4v) is 1.13. The van der Waals surface area contributed by atoms with Crippen LogP contribution < -0.4 is 0 Å². The van der Waals surface area contributed by atoms with E-state index in [1.165, 1.54) is 0 Å². The molecule has 4 heteroatoms. The zero-order chi connectivity index (χ0) is 7.40. The fourth-order valence-electron chi connectivity index (χ4n) is 0.577. The SMILES string of the molecule is Clc1ncc(CCBr)cn1. The lowest BCUT2D eigenvalue weighted by molar-refractivity contribution is 1.06. The van der Waals surface area contributed by atoms with E-state index in [4.69, 9.17) is 11.6 Å². The molecule has 0 aliphatic carbocycles. The maximum Gasteiger partial charge on any atom is 0.222 e. The number of halogens is 2. The number of aryl methyl sites for hydroxylation is 1. The Balaban J connectivity index is 2.69. The van der Waals surface area contributed by atoms with Crippen molar-refractivity contribution in [3.63, 3.8) is 0 Å². The summed E-state index contributed by atoms with van der Waals surface area (Å²) in [5.41, 5.74) is 1.10. The van der Waals surface area contributed by atoms with Gasteiger partial charge in [0.25, 0.3) is 0 Å². The van der Waals surface area contributed by atoms with E-state index >= 15 is 0 Å². The van der Waals surface area contributed by atoms with Crippen LogP contribution in [0.3, 0.4) is 0 Å². The van der Waals surface area contributed by atoms with Crippen LogP contribution in [0.15, 0.2) is 12.4 Å². The summed E-state index contributed by atoms with van der Waals surface area (Å²) in [5.74, 6) is 0. The molecule has 0 saturated carbocycles. The van der Waals surface area contributed by atoms with Crippen molar-refractivity contribution in [3.8, 4) is 0 Å². The number of nitrogens with zero attached hydrogens (tertiary/aromatic N) is 2. The molecule has 0 fully saturated rings. The van der Waals surface area contributed by atoms with Gasteiger partial charge in [-0.05, 0) is 23.6 Å². The second kappa shape index (κ2) is 3.88. The van der Waals surface area contributed by atoms with Crippen LogP contribution in [-0.2, 0) is 6.42 Å². The zero-order valence-electron chi connectivity index (χ0n) is 5.22. The van der Waals surface area contributed by atoms with Crippen LogP contribution in [0.25, 0.3) is 0 Å². The van der Waals surface area contributed by atoms with Gasteiger partial charge in [0, 0.05) is 17.7 Å². The summed E-state index contributed by atoms with van der Waals surface area (Å²) >= 11 is 8.79. The highest BCUT2D eigenvalue weighted by Crippen LogP contribution is 2.02. The predicted octanol–water partition coefficient (Wildman–Crippen LogP) is 2.07. The van der Waals surface area contributed by atoms with E-state index in [0.29, 0.717) is 5.28 Å². The summed E-state index contributed by atoms with van der Waals surface area (Å²) in [5, 5.41) is 1.23. The van der Waals surface area contributed by atoms with Crippen molar-refractivity contribution in [1.82, 2.24) is 9.97 Å². The number of aromatic nitrogens is 2. The third kappa shape index (κ3) is 2.23. The summed E-state index contributed by atoms with van der Waals surface area (Å²) < 4.78 is 0. The largest absolute Gasteiger partial charge is 0.226 e. The van der Waals surface area contributed by atoms with Crippen LogP contribution in [0, 0.1) is 0 Å². The molecule has 0 atom stereocenters. The van der Waals surface area contributed by atoms with Gasteiger partial charge in [0.1, 0.15) is 0 Å². The van der Waals surface area contributed by atoms with Crippen molar-refractivity contribution in [2.75, 3.05) is 5.33 Å². The second-order valence-electron chi connectivity index (χ2n) is 1.80. The van der Waals surface area contributed by atoms with Crippen molar-refractivity contribution >= 4 is 27.5 Å². The lowest BCUT2D eigenvalue weighted by atomic mass is 10.3. The van der Waals surface area contributed by atoms with Gasteiger partial charge in [-0.1, -0.05) is 15.9 Å². The van der Waals surface area contributed by atoms with Crippen molar-refractivity contribution in [1.29, 1.82) is 0 Å². The van der Waals surface area contributed by atoms with Gasteiger partial charge in [0.05, 0.1) is 0 Å². The lowest BCUT2D eigenvalue weighted by Crippen LogP contribution is -1.89. The Bertz CT molecular complexity index is 199. The molecule has 54 valence electrons. The smallest absolute Gasteiger partial charge is 0.222 e. The minimum absolute atomic E-state index is 0.304. The van der Waals surface area contributed by atoms with Gasteiger partial charge in [0.15, 0.2) is 0 Å². The Morgan fingerprint density at radius 3 is 2.50 bits per heavy atom. The molecule has 0 aliphatic rings. The quantitative estimate of drug-likeness (QED) is 0.564. The Morgan fingerprint density at radius 2 is 2.00 bits per heavy atom. The summed E-state index contributed by atoms with van der Waals surface area (Å²) in [4.78, 5) is 7.66. The van der Waals surface area contributed by atoms with E-state index in [1.54, 1.807) is 12.4 Å². The van der Waals surface area contributed by atoms with Crippen LogP contribution in [0.4, 0.5) is 0 Å². The van der Waals surface area contributed by atoms with Gasteiger partial charge in [-0.25, -0.2) is 9.97 Å². The molecule has 1 aromatic rings. The molecule has 1 aromatic heterocycles. The molecule has 1 heterocycles. The van der Waals surface area contributed by atoms with E-state index in [-0.39, 0.29) is 0 Å². The van der Waals surface area contributed by atoms with Crippen molar-refractivity contribution in [2.24, 2.45) is 0 Å². The normalized spacial score (nSPS) is 9.80. The Morgan fingerprint density at radius 1 is 1.40 bits per heavy atom. The first-order valence-corrected chi connectivity index (χ1v) is 4.35. The molecule has 0 spiro atoms. The monoisotopic (exact) mass is 220 g/mol. The Hall–Kier alpha value is -0.150. The van der Waals surface area contributed by atoms with Crippen molar-refractivity contribution in [3.05, 3.63) is 23.2 Å². The van der Waals surface area contributed by atoms with Crippen LogP contribution in [0.1, 0.15) is 5.56 Å². The van der Waals surface area contributed by atoms with Gasteiger partial charge in [-0.15, -0.1) is 0 Å². The molecule has 2 nitrogen and oxygen atoms in total. The Labute approximate surface area is 72.8 Å². The average Bonchev–Trinajstić information content (AvgIpc) is 1.95. The highest BCUT2D eigenvalue weighted by atomic mass is 79.9. The molecule has 10 heavy (non-hydrogen) atoms. The van der Waals surface area contributed by atoms with E-state index in [9.17, 15) is 0 Å². The molecule has 0 bridgehead atoms. The maximum absolute atomic E-state index is 5.48. The Kier molecular flexibility index (Phi) is 3.09. The van der Waals surface area contributed by atoms with Crippen LogP contribution in [0.2, 0.25) is 5.28 Å². The van der Waals surface area contributed by atoms with Crippen LogP contribution in [-0.4, -0.2) is 15.3 Å². The first-order valence-electron chi connectivity index (χ1n) is 2.85. The van der Waals surface area contributed by atoms with Gasteiger partial charge in [-0.2, -0.15) is 0 Å². The predicted molar refractivity (Wildman–Crippen MR) is 44.5 cm³/mol. The molecule has 0 radical (unpaired) electrons. The summed E-state index contributed by atoms with van der Waals surface area (Å²) in [6.07, 6.45) is 4.41. The molecule has 0 saturated heterocycles. The summed E-state index contributed by atoms with van der Waals surface area (Å²) in [7, 11) is 0. The van der Waals surface area contributed by atoms with Gasteiger partial charge >= 0.3 is 0 Å². The third-order valence-electron chi connectivity index (χ3n) is 1.06. The average molecular weight is 221 g/mol. The van der Waals surface area contributed by atoms with Crippen molar-refractivity contribution < 1.29 is 0 Å². The lowest BCUT2D eigenvalue weighted by Gasteiger charge is -1.93. The van der Waals surface area contributed by atoms with Gasteiger partial charge in [0.2, 0.25) is 5.28 Å². The fraction of sp³-hybridized carbons (Fsp3) is 0.333. The van der Waals surface area contributed by atoms with Crippen molar-refractivity contribution in [2.45, 2.75) is 6.42 Å². The summed E-state index contributed by atoms with van der Waals surface area (Å²) in [6.45, 7) is 0. The molecule has 0 N–H and O–H groups in total. The third-order valence-corrected chi connectivity index (χ3v) is 1.65. The number of alkyl halides is 1. The second-order valence-corrected chi connectivity index (χ2v) is 2.93. The summed E-state index contributed by atoms with van der Waals surface area (Å²) in [6, 6.07) is 0. The molecule has 0 unspecified atom stereocenters. The highest BCUT2D eigenvalue weighted by molar-refractivity contribution is 9.09. The number of rotatable bonds is 2. The van der Waals surface area contributed by atoms with E-state index in [2.05, 4.69) is 25.9 Å². The standard InChI is InChI=1S/C6H6BrClN2/c7-2-1-5-3-9-6(8)10-4-5/h3-4H,1-2H2. The number of hydrogen-bond donors (Lipinski definition) is 0. The minimum atomic E-state index is 0.304. The first-order chi connectivity index (χ1) is 4.83. The maximum atomic E-state index is 5.48. The van der Waals surface area contributed by atoms with E-state index in [1.807, 2.05) is 0 Å². The molecule has 0 aromatic carbocycles. The molecular formula is C6H6BrClN2. The minimum Gasteiger partial charge on any atom is -0.226 e.